The number of aliphatic hydroxyl groups is 1. The van der Waals surface area contributed by atoms with Crippen LogP contribution in [0.1, 0.15) is 38.2 Å². The zero-order valence-electron chi connectivity index (χ0n) is 11.8. The number of carbonyl (C=O) groups excluding carboxylic acids is 1. The highest BCUT2D eigenvalue weighted by atomic mass is 16.5. The molecule has 0 amide bonds. The number of carbonyl (C=O) groups is 1. The number of benzene rings is 1. The summed E-state index contributed by atoms with van der Waals surface area (Å²) in [5.74, 6) is 0.776. The Balaban J connectivity index is 2.43. The molecule has 0 spiro atoms. The van der Waals surface area contributed by atoms with Crippen LogP contribution in [-0.2, 0) is 9.53 Å². The van der Waals surface area contributed by atoms with Crippen molar-refractivity contribution < 1.29 is 19.4 Å². The van der Waals surface area contributed by atoms with Gasteiger partial charge in [-0.2, -0.15) is 0 Å². The standard InChI is InChI=1S/C15H22O4/c1-4-11(2)12-5-7-14(8-6-12)19-10-13(16)9-15(17)18-3/h5-8,11,13,16H,4,9-10H2,1-3H3/t11-,13+/m1/s1. The molecule has 0 saturated carbocycles. The lowest BCUT2D eigenvalue weighted by molar-refractivity contribution is -0.143. The summed E-state index contributed by atoms with van der Waals surface area (Å²) >= 11 is 0. The van der Waals surface area contributed by atoms with E-state index in [0.717, 1.165) is 6.42 Å². The highest BCUT2D eigenvalue weighted by molar-refractivity contribution is 5.69. The van der Waals surface area contributed by atoms with Crippen molar-refractivity contribution >= 4 is 5.97 Å². The quantitative estimate of drug-likeness (QED) is 0.770. The summed E-state index contributed by atoms with van der Waals surface area (Å²) in [7, 11) is 1.30. The summed E-state index contributed by atoms with van der Waals surface area (Å²) in [5.41, 5.74) is 1.27. The minimum atomic E-state index is -0.846. The van der Waals surface area contributed by atoms with Crippen molar-refractivity contribution in [1.29, 1.82) is 0 Å². The minimum absolute atomic E-state index is 0.0541. The van der Waals surface area contributed by atoms with E-state index in [2.05, 4.69) is 18.6 Å². The Morgan fingerprint density at radius 1 is 1.32 bits per heavy atom. The molecule has 2 atom stereocenters. The fourth-order valence-corrected chi connectivity index (χ4v) is 1.66. The molecule has 0 aromatic heterocycles. The SMILES string of the molecule is CC[C@@H](C)c1ccc(OC[C@@H](O)CC(=O)OC)cc1. The predicted molar refractivity (Wildman–Crippen MR) is 73.3 cm³/mol. The highest BCUT2D eigenvalue weighted by Crippen LogP contribution is 2.21. The molecular formula is C15H22O4. The Morgan fingerprint density at radius 2 is 1.95 bits per heavy atom. The van der Waals surface area contributed by atoms with Crippen LogP contribution in [0.25, 0.3) is 0 Å². The molecule has 0 saturated heterocycles. The van der Waals surface area contributed by atoms with Gasteiger partial charge in [0.1, 0.15) is 12.4 Å². The summed E-state index contributed by atoms with van der Waals surface area (Å²) in [6.45, 7) is 4.41. The van der Waals surface area contributed by atoms with Crippen molar-refractivity contribution in [1.82, 2.24) is 0 Å². The van der Waals surface area contributed by atoms with E-state index in [1.165, 1.54) is 12.7 Å². The van der Waals surface area contributed by atoms with Gasteiger partial charge in [-0.3, -0.25) is 4.79 Å². The maximum Gasteiger partial charge on any atom is 0.308 e. The van der Waals surface area contributed by atoms with E-state index in [9.17, 15) is 9.90 Å². The van der Waals surface area contributed by atoms with Crippen LogP contribution in [-0.4, -0.2) is 30.9 Å². The van der Waals surface area contributed by atoms with Gasteiger partial charge in [-0.15, -0.1) is 0 Å². The first-order valence-corrected chi connectivity index (χ1v) is 6.54. The number of esters is 1. The van der Waals surface area contributed by atoms with Crippen LogP contribution in [0, 0.1) is 0 Å². The average molecular weight is 266 g/mol. The van der Waals surface area contributed by atoms with Crippen molar-refractivity contribution in [3.05, 3.63) is 29.8 Å². The van der Waals surface area contributed by atoms with Gasteiger partial charge in [0.15, 0.2) is 0 Å². The molecule has 0 unspecified atom stereocenters. The van der Waals surface area contributed by atoms with E-state index in [4.69, 9.17) is 4.74 Å². The monoisotopic (exact) mass is 266 g/mol. The third-order valence-electron chi connectivity index (χ3n) is 3.13. The molecule has 0 radical (unpaired) electrons. The van der Waals surface area contributed by atoms with E-state index in [1.807, 2.05) is 24.3 Å². The molecule has 0 bridgehead atoms. The molecule has 4 nitrogen and oxygen atoms in total. The molecule has 106 valence electrons. The van der Waals surface area contributed by atoms with Gasteiger partial charge < -0.3 is 14.6 Å². The molecule has 19 heavy (non-hydrogen) atoms. The van der Waals surface area contributed by atoms with Crippen LogP contribution in [0.5, 0.6) is 5.75 Å². The molecule has 1 rings (SSSR count). The molecule has 1 aromatic carbocycles. The minimum Gasteiger partial charge on any atom is -0.491 e. The van der Waals surface area contributed by atoms with Crippen molar-refractivity contribution in [2.45, 2.75) is 38.7 Å². The van der Waals surface area contributed by atoms with Crippen LogP contribution in [0.2, 0.25) is 0 Å². The summed E-state index contributed by atoms with van der Waals surface area (Å²) in [6, 6.07) is 7.81. The summed E-state index contributed by atoms with van der Waals surface area (Å²) in [5, 5.41) is 9.57. The number of rotatable bonds is 7. The van der Waals surface area contributed by atoms with Crippen LogP contribution in [0.4, 0.5) is 0 Å². The van der Waals surface area contributed by atoms with Crippen molar-refractivity contribution in [2.75, 3.05) is 13.7 Å². The second-order valence-electron chi connectivity index (χ2n) is 4.62. The lowest BCUT2D eigenvalue weighted by Gasteiger charge is -2.13. The maximum atomic E-state index is 10.9. The van der Waals surface area contributed by atoms with Gasteiger partial charge in [0, 0.05) is 0 Å². The Morgan fingerprint density at radius 3 is 2.47 bits per heavy atom. The topological polar surface area (TPSA) is 55.8 Å². The zero-order valence-corrected chi connectivity index (χ0v) is 11.8. The molecule has 1 N–H and O–H groups in total. The highest BCUT2D eigenvalue weighted by Gasteiger charge is 2.11. The molecule has 4 heteroatoms. The van der Waals surface area contributed by atoms with Crippen LogP contribution in [0.3, 0.4) is 0 Å². The third-order valence-corrected chi connectivity index (χ3v) is 3.13. The number of methoxy groups -OCH3 is 1. The first kappa shape index (κ1) is 15.5. The Hall–Kier alpha value is -1.55. The zero-order chi connectivity index (χ0) is 14.3. The van der Waals surface area contributed by atoms with Crippen LogP contribution < -0.4 is 4.74 Å². The Kier molecular flexibility index (Phi) is 6.36. The lowest BCUT2D eigenvalue weighted by Crippen LogP contribution is -2.21. The molecular weight excluding hydrogens is 244 g/mol. The normalized spacial score (nSPS) is 13.7. The van der Waals surface area contributed by atoms with E-state index in [0.29, 0.717) is 11.7 Å². The van der Waals surface area contributed by atoms with Gasteiger partial charge in [0.05, 0.1) is 19.6 Å². The number of hydrogen-bond acceptors (Lipinski definition) is 4. The van der Waals surface area contributed by atoms with E-state index < -0.39 is 12.1 Å². The Bertz CT molecular complexity index is 386. The van der Waals surface area contributed by atoms with E-state index in [-0.39, 0.29) is 13.0 Å². The van der Waals surface area contributed by atoms with Crippen molar-refractivity contribution in [2.24, 2.45) is 0 Å². The van der Waals surface area contributed by atoms with Gasteiger partial charge in [0.25, 0.3) is 0 Å². The second kappa shape index (κ2) is 7.79. The number of ether oxygens (including phenoxy) is 2. The lowest BCUT2D eigenvalue weighted by atomic mass is 9.99. The van der Waals surface area contributed by atoms with Gasteiger partial charge in [0.2, 0.25) is 0 Å². The summed E-state index contributed by atoms with van der Waals surface area (Å²) in [6.07, 6.45) is 0.196. The predicted octanol–water partition coefficient (Wildman–Crippen LogP) is 2.50. The number of aliphatic hydroxyl groups excluding tert-OH is 1. The summed E-state index contributed by atoms with van der Waals surface area (Å²) in [4.78, 5) is 10.9. The molecule has 0 aliphatic heterocycles. The second-order valence-corrected chi connectivity index (χ2v) is 4.62. The third kappa shape index (κ3) is 5.30. The van der Waals surface area contributed by atoms with E-state index >= 15 is 0 Å². The van der Waals surface area contributed by atoms with Crippen molar-refractivity contribution in [3.8, 4) is 5.75 Å². The van der Waals surface area contributed by atoms with Gasteiger partial charge >= 0.3 is 5.97 Å². The fraction of sp³-hybridized carbons (Fsp3) is 0.533. The van der Waals surface area contributed by atoms with Gasteiger partial charge in [-0.25, -0.2) is 0 Å². The first-order chi connectivity index (χ1) is 9.06. The van der Waals surface area contributed by atoms with Crippen LogP contribution in [0.15, 0.2) is 24.3 Å². The summed E-state index contributed by atoms with van der Waals surface area (Å²) < 4.78 is 9.90. The largest absolute Gasteiger partial charge is 0.491 e. The number of hydrogen-bond donors (Lipinski definition) is 1. The first-order valence-electron chi connectivity index (χ1n) is 6.54. The maximum absolute atomic E-state index is 10.9. The Labute approximate surface area is 114 Å². The molecule has 0 aliphatic carbocycles. The van der Waals surface area contributed by atoms with Crippen LogP contribution >= 0.6 is 0 Å². The fourth-order valence-electron chi connectivity index (χ4n) is 1.66. The van der Waals surface area contributed by atoms with Crippen molar-refractivity contribution in [3.63, 3.8) is 0 Å². The molecule has 0 heterocycles. The molecule has 1 aromatic rings. The van der Waals surface area contributed by atoms with Gasteiger partial charge in [-0.1, -0.05) is 26.0 Å². The van der Waals surface area contributed by atoms with E-state index in [1.54, 1.807) is 0 Å². The molecule has 0 aliphatic rings. The van der Waals surface area contributed by atoms with Gasteiger partial charge in [-0.05, 0) is 30.0 Å². The molecule has 0 fully saturated rings. The smallest absolute Gasteiger partial charge is 0.308 e. The average Bonchev–Trinajstić information content (AvgIpc) is 2.44.